The second-order valence-electron chi connectivity index (χ2n) is 5.98. The van der Waals surface area contributed by atoms with Crippen molar-refractivity contribution in [1.29, 1.82) is 0 Å². The Morgan fingerprint density at radius 1 is 1.00 bits per heavy atom. The van der Waals surface area contributed by atoms with Crippen LogP contribution in [0.1, 0.15) is 5.56 Å². The highest BCUT2D eigenvalue weighted by Crippen LogP contribution is 2.41. The van der Waals surface area contributed by atoms with Gasteiger partial charge in [0, 0.05) is 23.8 Å². The van der Waals surface area contributed by atoms with Crippen LogP contribution in [0.15, 0.2) is 79.0 Å². The molecule has 1 aromatic heterocycles. The summed E-state index contributed by atoms with van der Waals surface area (Å²) < 4.78 is 1.97. The molecule has 1 N–H and O–H groups in total. The number of hydrogen-bond acceptors (Lipinski definition) is 4. The summed E-state index contributed by atoms with van der Waals surface area (Å²) in [7, 11) is 0. The van der Waals surface area contributed by atoms with Gasteiger partial charge in [-0.25, -0.2) is 4.57 Å². The van der Waals surface area contributed by atoms with Crippen LogP contribution in [-0.2, 0) is 12.3 Å². The Morgan fingerprint density at radius 2 is 1.65 bits per heavy atom. The zero-order chi connectivity index (χ0) is 17.4. The van der Waals surface area contributed by atoms with Gasteiger partial charge in [-0.15, -0.1) is 17.0 Å². The quantitative estimate of drug-likeness (QED) is 0.404. The van der Waals surface area contributed by atoms with Crippen LogP contribution in [0.25, 0.3) is 0 Å². The average Bonchev–Trinajstić information content (AvgIpc) is 2.95. The first-order chi connectivity index (χ1) is 12.1. The van der Waals surface area contributed by atoms with Crippen molar-refractivity contribution in [3.05, 3.63) is 94.7 Å². The average molecular weight is 415 g/mol. The molecule has 132 valence electrons. The fraction of sp³-hybridized carbons (Fsp3) is 0.105. The van der Waals surface area contributed by atoms with E-state index in [0.717, 1.165) is 11.5 Å². The molecule has 0 aliphatic carbocycles. The second kappa shape index (κ2) is 6.86. The number of pyridine rings is 1. The molecule has 4 rings (SSSR count). The molecule has 3 aromatic rings. The van der Waals surface area contributed by atoms with Gasteiger partial charge in [0.15, 0.2) is 6.54 Å². The SMILES string of the molecule is Br.O=[N+]([O-])c1ccc(C2(O)C[n+]3ccccc3N2c2ccccc2)cc1. The number of benzene rings is 2. The third-order valence-electron chi connectivity index (χ3n) is 4.46. The molecule has 1 atom stereocenters. The van der Waals surface area contributed by atoms with Crippen molar-refractivity contribution in [2.45, 2.75) is 12.3 Å². The van der Waals surface area contributed by atoms with Gasteiger partial charge in [0.2, 0.25) is 0 Å². The predicted molar refractivity (Wildman–Crippen MR) is 103 cm³/mol. The number of non-ortho nitro benzene ring substituents is 1. The van der Waals surface area contributed by atoms with Crippen molar-refractivity contribution >= 4 is 34.2 Å². The molecule has 0 bridgehead atoms. The van der Waals surface area contributed by atoms with E-state index in [2.05, 4.69) is 0 Å². The normalized spacial score (nSPS) is 18.1. The lowest BCUT2D eigenvalue weighted by atomic mass is 10.0. The summed E-state index contributed by atoms with van der Waals surface area (Å²) in [6, 6.07) is 21.4. The molecule has 7 heteroatoms. The number of aliphatic hydroxyl groups is 1. The largest absolute Gasteiger partial charge is 0.346 e. The van der Waals surface area contributed by atoms with Gasteiger partial charge < -0.3 is 5.11 Å². The Bertz CT molecular complexity index is 934. The molecule has 0 saturated carbocycles. The van der Waals surface area contributed by atoms with Crippen molar-refractivity contribution in [2.24, 2.45) is 0 Å². The van der Waals surface area contributed by atoms with Gasteiger partial charge in [0.05, 0.1) is 11.1 Å². The Labute approximate surface area is 160 Å². The summed E-state index contributed by atoms with van der Waals surface area (Å²) in [5.41, 5.74) is 0.124. The summed E-state index contributed by atoms with van der Waals surface area (Å²) in [5.74, 6) is 0.856. The van der Waals surface area contributed by atoms with Gasteiger partial charge in [0.1, 0.15) is 5.69 Å². The summed E-state index contributed by atoms with van der Waals surface area (Å²) in [6.45, 7) is 0.329. The molecule has 1 aliphatic heterocycles. The predicted octanol–water partition coefficient (Wildman–Crippen LogP) is 3.46. The zero-order valence-corrected chi connectivity index (χ0v) is 15.4. The number of nitro groups is 1. The molecular weight excluding hydrogens is 398 g/mol. The van der Waals surface area contributed by atoms with Crippen LogP contribution in [0.5, 0.6) is 0 Å². The highest BCUT2D eigenvalue weighted by atomic mass is 79.9. The number of anilines is 2. The van der Waals surface area contributed by atoms with Crippen LogP contribution >= 0.6 is 17.0 Å². The van der Waals surface area contributed by atoms with E-state index < -0.39 is 10.6 Å². The number of hydrogen-bond donors (Lipinski definition) is 1. The zero-order valence-electron chi connectivity index (χ0n) is 13.7. The van der Waals surface area contributed by atoms with E-state index in [9.17, 15) is 15.2 Å². The fourth-order valence-electron chi connectivity index (χ4n) is 3.30. The van der Waals surface area contributed by atoms with Crippen molar-refractivity contribution < 1.29 is 14.6 Å². The van der Waals surface area contributed by atoms with E-state index in [-0.39, 0.29) is 22.7 Å². The minimum Gasteiger partial charge on any atom is -0.346 e. The van der Waals surface area contributed by atoms with E-state index >= 15 is 0 Å². The molecular formula is C19H17BrN3O3+. The summed E-state index contributed by atoms with van der Waals surface area (Å²) in [5, 5.41) is 22.5. The number of fused-ring (bicyclic) bond motifs is 1. The van der Waals surface area contributed by atoms with Crippen LogP contribution in [-0.4, -0.2) is 10.0 Å². The van der Waals surface area contributed by atoms with Gasteiger partial charge in [-0.05, 0) is 30.3 Å². The first-order valence-electron chi connectivity index (χ1n) is 7.91. The smallest absolute Gasteiger partial charge is 0.284 e. The Morgan fingerprint density at radius 3 is 2.31 bits per heavy atom. The van der Waals surface area contributed by atoms with E-state index in [1.54, 1.807) is 12.1 Å². The maximum Gasteiger partial charge on any atom is 0.284 e. The van der Waals surface area contributed by atoms with Gasteiger partial charge in [-0.2, -0.15) is 4.90 Å². The molecule has 0 amide bonds. The summed E-state index contributed by atoms with van der Waals surface area (Å²) in [4.78, 5) is 12.3. The van der Waals surface area contributed by atoms with Crippen LogP contribution in [0, 0.1) is 10.1 Å². The lowest BCUT2D eigenvalue weighted by Crippen LogP contribution is -2.43. The van der Waals surface area contributed by atoms with Crippen LogP contribution in [0.4, 0.5) is 17.2 Å². The molecule has 26 heavy (non-hydrogen) atoms. The van der Waals surface area contributed by atoms with Crippen LogP contribution in [0.2, 0.25) is 0 Å². The number of nitrogens with zero attached hydrogens (tertiary/aromatic N) is 3. The minimum absolute atomic E-state index is 0. The fourth-order valence-corrected chi connectivity index (χ4v) is 3.30. The van der Waals surface area contributed by atoms with E-state index in [1.165, 1.54) is 12.1 Å². The lowest BCUT2D eigenvalue weighted by molar-refractivity contribution is -0.683. The van der Waals surface area contributed by atoms with Crippen molar-refractivity contribution in [2.75, 3.05) is 4.90 Å². The summed E-state index contributed by atoms with van der Waals surface area (Å²) in [6.07, 6.45) is 1.91. The van der Waals surface area contributed by atoms with E-state index in [4.69, 9.17) is 0 Å². The molecule has 6 nitrogen and oxygen atoms in total. The lowest BCUT2D eigenvalue weighted by Gasteiger charge is -2.27. The molecule has 2 aromatic carbocycles. The Kier molecular flexibility index (Phi) is 4.76. The Balaban J connectivity index is 0.00000196. The summed E-state index contributed by atoms with van der Waals surface area (Å²) >= 11 is 0. The number of nitro benzene ring substituents is 1. The van der Waals surface area contributed by atoms with Crippen molar-refractivity contribution in [3.8, 4) is 0 Å². The molecule has 0 spiro atoms. The third-order valence-corrected chi connectivity index (χ3v) is 4.46. The second-order valence-corrected chi connectivity index (χ2v) is 5.98. The first kappa shape index (κ1) is 18.0. The molecule has 2 heterocycles. The van der Waals surface area contributed by atoms with Crippen LogP contribution in [0.3, 0.4) is 0 Å². The Hall–Kier alpha value is -2.77. The number of rotatable bonds is 3. The van der Waals surface area contributed by atoms with E-state index in [0.29, 0.717) is 12.1 Å². The van der Waals surface area contributed by atoms with Gasteiger partial charge in [-0.3, -0.25) is 10.1 Å². The topological polar surface area (TPSA) is 70.5 Å². The number of halogens is 1. The van der Waals surface area contributed by atoms with Crippen molar-refractivity contribution in [3.63, 3.8) is 0 Å². The van der Waals surface area contributed by atoms with Gasteiger partial charge in [0.25, 0.3) is 17.2 Å². The van der Waals surface area contributed by atoms with Crippen LogP contribution < -0.4 is 9.47 Å². The first-order valence-corrected chi connectivity index (χ1v) is 7.91. The maximum atomic E-state index is 11.6. The molecule has 0 saturated heterocycles. The maximum absolute atomic E-state index is 11.6. The highest BCUT2D eigenvalue weighted by Gasteiger charge is 2.52. The standard InChI is InChI=1S/C19H16N3O3.BrH/c23-19(15-9-11-17(12-10-15)22(24)25)14-20-13-5-4-8-18(20)21(19)16-6-2-1-3-7-16;/h1-13,23H,14H2;1H/q+1;. The number of aromatic nitrogens is 1. The highest BCUT2D eigenvalue weighted by molar-refractivity contribution is 8.93. The third kappa shape index (κ3) is 2.85. The number of para-hydroxylation sites is 1. The molecule has 1 aliphatic rings. The van der Waals surface area contributed by atoms with Gasteiger partial charge >= 0.3 is 0 Å². The van der Waals surface area contributed by atoms with Crippen molar-refractivity contribution in [1.82, 2.24) is 0 Å². The van der Waals surface area contributed by atoms with E-state index in [1.807, 2.05) is 64.2 Å². The monoisotopic (exact) mass is 414 g/mol. The molecule has 0 radical (unpaired) electrons. The molecule has 1 unspecified atom stereocenters. The van der Waals surface area contributed by atoms with Gasteiger partial charge in [-0.1, -0.05) is 24.3 Å². The minimum atomic E-state index is -1.33. The molecule has 0 fully saturated rings.